The van der Waals surface area contributed by atoms with Crippen LogP contribution in [-0.2, 0) is 24.8 Å². The molecule has 2 aromatic rings. The van der Waals surface area contributed by atoms with E-state index in [-0.39, 0.29) is 21.5 Å². The first-order valence-electron chi connectivity index (χ1n) is 8.07. The number of benzene rings is 1. The summed E-state index contributed by atoms with van der Waals surface area (Å²) in [5, 5.41) is 0.264. The van der Waals surface area contributed by atoms with Crippen LogP contribution in [0.1, 0.15) is 23.1 Å². The standard InChI is InChI=1S/C16H19N3O5S3/c1-9-7-13(19-15(20)10(2)8-26(19,21)22)5-6-14(9)27(23,24)18-16-17-11(3)12(4)25-16/h5-7,10H,8H2,1-4H3,(H,17,18). The lowest BCUT2D eigenvalue weighted by molar-refractivity contribution is -0.119. The Kier molecular flexibility index (Phi) is 4.81. The van der Waals surface area contributed by atoms with E-state index in [0.29, 0.717) is 5.56 Å². The van der Waals surface area contributed by atoms with Crippen LogP contribution in [0.25, 0.3) is 0 Å². The van der Waals surface area contributed by atoms with Crippen molar-refractivity contribution >= 4 is 48.1 Å². The highest BCUT2D eigenvalue weighted by atomic mass is 32.2. The van der Waals surface area contributed by atoms with Gasteiger partial charge in [-0.3, -0.25) is 9.52 Å². The summed E-state index contributed by atoms with van der Waals surface area (Å²) in [6.07, 6.45) is 0. The predicted molar refractivity (Wildman–Crippen MR) is 104 cm³/mol. The van der Waals surface area contributed by atoms with Crippen LogP contribution in [0.5, 0.6) is 0 Å². The first-order chi connectivity index (χ1) is 12.4. The molecule has 0 radical (unpaired) electrons. The van der Waals surface area contributed by atoms with Crippen LogP contribution in [0.2, 0.25) is 0 Å². The molecule has 1 unspecified atom stereocenters. The molecule has 2 heterocycles. The van der Waals surface area contributed by atoms with E-state index in [1.807, 2.05) is 6.92 Å². The third-order valence-electron chi connectivity index (χ3n) is 4.29. The minimum atomic E-state index is -3.90. The topological polar surface area (TPSA) is 114 Å². The van der Waals surface area contributed by atoms with E-state index in [9.17, 15) is 21.6 Å². The first kappa shape index (κ1) is 19.8. The molecule has 3 rings (SSSR count). The number of amides is 1. The van der Waals surface area contributed by atoms with Crippen molar-refractivity contribution in [3.8, 4) is 0 Å². The molecule has 1 amide bonds. The predicted octanol–water partition coefficient (Wildman–Crippen LogP) is 2.18. The van der Waals surface area contributed by atoms with E-state index in [1.54, 1.807) is 20.8 Å². The van der Waals surface area contributed by atoms with Crippen molar-refractivity contribution in [2.75, 3.05) is 14.8 Å². The first-order valence-corrected chi connectivity index (χ1v) is 12.0. The molecule has 1 N–H and O–H groups in total. The third-order valence-corrected chi connectivity index (χ3v) is 8.78. The Balaban J connectivity index is 1.96. The summed E-state index contributed by atoms with van der Waals surface area (Å²) in [6.45, 7) is 6.73. The maximum absolute atomic E-state index is 12.7. The normalized spacial score (nSPS) is 19.5. The molecule has 8 nitrogen and oxygen atoms in total. The molecule has 0 saturated carbocycles. The Bertz CT molecular complexity index is 1120. The molecule has 1 fully saturated rings. The van der Waals surface area contributed by atoms with Gasteiger partial charge in [0.2, 0.25) is 15.9 Å². The summed E-state index contributed by atoms with van der Waals surface area (Å²) in [5.41, 5.74) is 1.21. The molecule has 0 bridgehead atoms. The number of nitrogens with zero attached hydrogens (tertiary/aromatic N) is 2. The number of carbonyl (C=O) groups excluding carboxylic acids is 1. The van der Waals surface area contributed by atoms with Crippen LogP contribution in [0, 0.1) is 26.7 Å². The number of aryl methyl sites for hydroxylation is 3. The minimum absolute atomic E-state index is 0.00570. The smallest absolute Gasteiger partial charge is 0.263 e. The highest BCUT2D eigenvalue weighted by Gasteiger charge is 2.42. The van der Waals surface area contributed by atoms with E-state index >= 15 is 0 Å². The lowest BCUT2D eigenvalue weighted by Crippen LogP contribution is -2.30. The largest absolute Gasteiger partial charge is 0.273 e. The van der Waals surface area contributed by atoms with Gasteiger partial charge in [-0.2, -0.15) is 0 Å². The van der Waals surface area contributed by atoms with Crippen LogP contribution in [0.3, 0.4) is 0 Å². The average Bonchev–Trinajstić information content (AvgIpc) is 2.93. The Hall–Kier alpha value is -1.98. The van der Waals surface area contributed by atoms with Gasteiger partial charge < -0.3 is 0 Å². The Morgan fingerprint density at radius 3 is 2.41 bits per heavy atom. The number of rotatable bonds is 4. The number of aromatic nitrogens is 1. The summed E-state index contributed by atoms with van der Waals surface area (Å²) < 4.78 is 53.0. The summed E-state index contributed by atoms with van der Waals surface area (Å²) in [5.74, 6) is -1.40. The molecule has 146 valence electrons. The average molecular weight is 430 g/mol. The fraction of sp³-hybridized carbons (Fsp3) is 0.375. The number of nitrogens with one attached hydrogen (secondary N) is 1. The van der Waals surface area contributed by atoms with Crippen LogP contribution in [0.4, 0.5) is 10.8 Å². The lowest BCUT2D eigenvalue weighted by atomic mass is 10.2. The van der Waals surface area contributed by atoms with Gasteiger partial charge in [-0.25, -0.2) is 26.1 Å². The van der Waals surface area contributed by atoms with Crippen molar-refractivity contribution in [1.29, 1.82) is 0 Å². The van der Waals surface area contributed by atoms with Gasteiger partial charge in [-0.1, -0.05) is 6.92 Å². The highest BCUT2D eigenvalue weighted by molar-refractivity contribution is 7.94. The zero-order valence-electron chi connectivity index (χ0n) is 15.2. The quantitative estimate of drug-likeness (QED) is 0.797. The summed E-state index contributed by atoms with van der Waals surface area (Å²) in [6, 6.07) is 4.01. The second-order valence-corrected chi connectivity index (χ2v) is 11.2. The van der Waals surface area contributed by atoms with Crippen LogP contribution in [0.15, 0.2) is 23.1 Å². The zero-order chi connectivity index (χ0) is 20.1. The lowest BCUT2D eigenvalue weighted by Gasteiger charge is -2.17. The molecule has 1 aliphatic heterocycles. The van der Waals surface area contributed by atoms with E-state index < -0.39 is 31.9 Å². The molecule has 0 aliphatic carbocycles. The van der Waals surface area contributed by atoms with E-state index in [1.165, 1.54) is 29.5 Å². The molecule has 1 aromatic heterocycles. The monoisotopic (exact) mass is 429 g/mol. The number of carbonyl (C=O) groups is 1. The Morgan fingerprint density at radius 2 is 1.93 bits per heavy atom. The van der Waals surface area contributed by atoms with Crippen molar-refractivity contribution in [2.45, 2.75) is 32.6 Å². The van der Waals surface area contributed by atoms with Crippen molar-refractivity contribution < 1.29 is 21.6 Å². The van der Waals surface area contributed by atoms with Crippen molar-refractivity contribution in [3.63, 3.8) is 0 Å². The van der Waals surface area contributed by atoms with Gasteiger partial charge in [-0.15, -0.1) is 11.3 Å². The Labute approximate surface area is 162 Å². The fourth-order valence-electron chi connectivity index (χ4n) is 2.83. The molecule has 0 spiro atoms. The van der Waals surface area contributed by atoms with Gasteiger partial charge in [-0.05, 0) is 44.5 Å². The number of hydrogen-bond acceptors (Lipinski definition) is 7. The molecule has 1 atom stereocenters. The molecular weight excluding hydrogens is 410 g/mol. The molecule has 11 heteroatoms. The van der Waals surface area contributed by atoms with Gasteiger partial charge in [0.15, 0.2) is 5.13 Å². The highest BCUT2D eigenvalue weighted by Crippen LogP contribution is 2.31. The Morgan fingerprint density at radius 1 is 1.26 bits per heavy atom. The number of anilines is 2. The summed E-state index contributed by atoms with van der Waals surface area (Å²) in [7, 11) is -7.64. The minimum Gasteiger partial charge on any atom is -0.273 e. The molecule has 1 aromatic carbocycles. The van der Waals surface area contributed by atoms with Gasteiger partial charge in [0, 0.05) is 4.88 Å². The van der Waals surface area contributed by atoms with E-state index in [0.717, 1.165) is 14.9 Å². The van der Waals surface area contributed by atoms with E-state index in [4.69, 9.17) is 0 Å². The second kappa shape index (κ2) is 6.57. The van der Waals surface area contributed by atoms with Crippen LogP contribution in [-0.4, -0.2) is 33.5 Å². The second-order valence-electron chi connectivity index (χ2n) is 6.50. The van der Waals surface area contributed by atoms with Crippen LogP contribution >= 0.6 is 11.3 Å². The van der Waals surface area contributed by atoms with Gasteiger partial charge in [0.1, 0.15) is 0 Å². The SMILES string of the molecule is Cc1cc(N2C(=O)C(C)CS2(=O)=O)ccc1S(=O)(=O)Nc1nc(C)c(C)s1. The molecule has 27 heavy (non-hydrogen) atoms. The zero-order valence-corrected chi connectivity index (χ0v) is 17.6. The van der Waals surface area contributed by atoms with Crippen LogP contribution < -0.4 is 9.03 Å². The van der Waals surface area contributed by atoms with Gasteiger partial charge in [0.25, 0.3) is 10.0 Å². The maximum Gasteiger partial charge on any atom is 0.263 e. The fourth-order valence-corrected chi connectivity index (χ4v) is 6.92. The summed E-state index contributed by atoms with van der Waals surface area (Å²) >= 11 is 1.23. The van der Waals surface area contributed by atoms with Gasteiger partial charge >= 0.3 is 0 Å². The summed E-state index contributed by atoms with van der Waals surface area (Å²) in [4.78, 5) is 17.3. The van der Waals surface area contributed by atoms with Crippen molar-refractivity contribution in [2.24, 2.45) is 5.92 Å². The van der Waals surface area contributed by atoms with Gasteiger partial charge in [0.05, 0.1) is 27.9 Å². The molecule has 1 saturated heterocycles. The molecule has 1 aliphatic rings. The number of sulfonamides is 2. The third kappa shape index (κ3) is 3.58. The number of hydrogen-bond donors (Lipinski definition) is 1. The van der Waals surface area contributed by atoms with Crippen molar-refractivity contribution in [1.82, 2.24) is 4.98 Å². The van der Waals surface area contributed by atoms with E-state index in [2.05, 4.69) is 9.71 Å². The van der Waals surface area contributed by atoms with Crippen molar-refractivity contribution in [3.05, 3.63) is 34.3 Å². The molecular formula is C16H19N3O5S3. The maximum atomic E-state index is 12.7. The number of thiazole rings is 1.